The van der Waals surface area contributed by atoms with Gasteiger partial charge in [-0.1, -0.05) is 70.0 Å². The number of carboxylic acids is 1. The van der Waals surface area contributed by atoms with Crippen LogP contribution in [0.5, 0.6) is 0 Å². The standard InChI is InChI=1S/C8H8.C7H12O2.C4H6O2/c1-2-8-6-4-3-5-7-8;1-4-7(8)9-5-6(2)3;1-3(2)4(5)6/h2-7H,1H2;4,6H,1,5H2,2-3H3;1H2,2H3,(H,5,6). The van der Waals surface area contributed by atoms with E-state index in [9.17, 15) is 9.59 Å². The number of hydrogen-bond donors (Lipinski definition) is 1. The minimum absolute atomic E-state index is 0.176. The Hall–Kier alpha value is -2.62. The Labute approximate surface area is 138 Å². The van der Waals surface area contributed by atoms with E-state index in [1.54, 1.807) is 0 Å². The van der Waals surface area contributed by atoms with E-state index in [4.69, 9.17) is 9.84 Å². The fourth-order valence-corrected chi connectivity index (χ4v) is 0.897. The van der Waals surface area contributed by atoms with Crippen molar-refractivity contribution in [3.8, 4) is 0 Å². The molecule has 0 aliphatic heterocycles. The third-order valence-corrected chi connectivity index (χ3v) is 2.13. The number of rotatable bonds is 5. The molecule has 0 radical (unpaired) electrons. The molecule has 0 aliphatic rings. The third-order valence-electron chi connectivity index (χ3n) is 2.13. The van der Waals surface area contributed by atoms with Crippen LogP contribution in [-0.4, -0.2) is 23.7 Å². The molecule has 4 heteroatoms. The van der Waals surface area contributed by atoms with Crippen LogP contribution >= 0.6 is 0 Å². The molecular formula is C19H26O4. The first-order chi connectivity index (χ1) is 10.7. The zero-order valence-electron chi connectivity index (χ0n) is 14.1. The second-order valence-corrected chi connectivity index (χ2v) is 4.93. The molecule has 0 saturated heterocycles. The number of aliphatic carboxylic acids is 1. The summed E-state index contributed by atoms with van der Waals surface area (Å²) in [5, 5.41) is 7.89. The molecule has 23 heavy (non-hydrogen) atoms. The Bertz CT molecular complexity index is 489. The van der Waals surface area contributed by atoms with Crippen molar-refractivity contribution in [3.63, 3.8) is 0 Å². The van der Waals surface area contributed by atoms with Crippen LogP contribution in [0.2, 0.25) is 0 Å². The van der Waals surface area contributed by atoms with E-state index in [-0.39, 0.29) is 11.5 Å². The zero-order valence-corrected chi connectivity index (χ0v) is 14.1. The summed E-state index contributed by atoms with van der Waals surface area (Å²) >= 11 is 0. The summed E-state index contributed by atoms with van der Waals surface area (Å²) in [6, 6.07) is 10.0. The molecule has 0 heterocycles. The average Bonchev–Trinajstić information content (AvgIpc) is 2.54. The molecule has 126 valence electrons. The number of carbonyl (C=O) groups excluding carboxylic acids is 1. The second-order valence-electron chi connectivity index (χ2n) is 4.93. The summed E-state index contributed by atoms with van der Waals surface area (Å²) in [6.07, 6.45) is 3.00. The van der Waals surface area contributed by atoms with Gasteiger partial charge >= 0.3 is 11.9 Å². The number of ether oxygens (including phenoxy) is 1. The molecule has 0 saturated carbocycles. The molecule has 1 aromatic rings. The van der Waals surface area contributed by atoms with Crippen molar-refractivity contribution in [2.75, 3.05) is 6.61 Å². The van der Waals surface area contributed by atoms with Gasteiger partial charge in [0.05, 0.1) is 6.61 Å². The van der Waals surface area contributed by atoms with Gasteiger partial charge in [-0.05, 0) is 18.4 Å². The van der Waals surface area contributed by atoms with Crippen molar-refractivity contribution in [1.82, 2.24) is 0 Å². The van der Waals surface area contributed by atoms with Crippen molar-refractivity contribution in [1.29, 1.82) is 0 Å². The van der Waals surface area contributed by atoms with E-state index in [1.807, 2.05) is 50.3 Å². The minimum atomic E-state index is -0.935. The van der Waals surface area contributed by atoms with Gasteiger partial charge in [0.25, 0.3) is 0 Å². The summed E-state index contributed by atoms with van der Waals surface area (Å²) in [5.41, 5.74) is 1.35. The van der Waals surface area contributed by atoms with Gasteiger partial charge in [0.15, 0.2) is 0 Å². The number of esters is 1. The number of carboxylic acid groups (broad SMARTS) is 1. The Morgan fingerprint density at radius 2 is 1.70 bits per heavy atom. The van der Waals surface area contributed by atoms with E-state index < -0.39 is 5.97 Å². The first-order valence-corrected chi connectivity index (χ1v) is 7.10. The summed E-state index contributed by atoms with van der Waals surface area (Å²) < 4.78 is 4.70. The summed E-state index contributed by atoms with van der Waals surface area (Å²) in [7, 11) is 0. The van der Waals surface area contributed by atoms with Crippen molar-refractivity contribution in [3.05, 3.63) is 67.3 Å². The van der Waals surface area contributed by atoms with E-state index in [0.29, 0.717) is 12.5 Å². The van der Waals surface area contributed by atoms with Crippen molar-refractivity contribution in [2.24, 2.45) is 5.92 Å². The molecule has 0 aromatic heterocycles. The first-order valence-electron chi connectivity index (χ1n) is 7.10. The fraction of sp³-hybridized carbons (Fsp3) is 0.263. The lowest BCUT2D eigenvalue weighted by Crippen LogP contribution is -2.06. The molecule has 1 aromatic carbocycles. The van der Waals surface area contributed by atoms with Crippen LogP contribution in [0.4, 0.5) is 0 Å². The normalized spacial score (nSPS) is 8.52. The molecule has 1 rings (SSSR count). The van der Waals surface area contributed by atoms with Gasteiger partial charge in [-0.15, -0.1) is 0 Å². The summed E-state index contributed by atoms with van der Waals surface area (Å²) in [6.45, 7) is 15.9. The molecule has 0 bridgehead atoms. The highest BCUT2D eigenvalue weighted by molar-refractivity contribution is 5.84. The predicted octanol–water partition coefficient (Wildman–Crippen LogP) is 4.35. The van der Waals surface area contributed by atoms with Crippen LogP contribution in [-0.2, 0) is 14.3 Å². The van der Waals surface area contributed by atoms with Crippen molar-refractivity contribution < 1.29 is 19.4 Å². The highest BCUT2D eigenvalue weighted by Gasteiger charge is 1.96. The smallest absolute Gasteiger partial charge is 0.330 e. The van der Waals surface area contributed by atoms with Gasteiger partial charge in [0.1, 0.15) is 0 Å². The monoisotopic (exact) mass is 318 g/mol. The van der Waals surface area contributed by atoms with E-state index >= 15 is 0 Å². The minimum Gasteiger partial charge on any atom is -0.478 e. The molecule has 4 nitrogen and oxygen atoms in total. The van der Waals surface area contributed by atoms with Crippen LogP contribution < -0.4 is 0 Å². The van der Waals surface area contributed by atoms with E-state index in [2.05, 4.69) is 19.7 Å². The maximum absolute atomic E-state index is 10.4. The maximum Gasteiger partial charge on any atom is 0.330 e. The van der Waals surface area contributed by atoms with Crippen LogP contribution in [0.25, 0.3) is 6.08 Å². The van der Waals surface area contributed by atoms with Crippen LogP contribution in [0.1, 0.15) is 26.3 Å². The van der Waals surface area contributed by atoms with Gasteiger partial charge in [-0.25, -0.2) is 9.59 Å². The topological polar surface area (TPSA) is 63.6 Å². The van der Waals surface area contributed by atoms with Gasteiger partial charge in [-0.2, -0.15) is 0 Å². The molecular weight excluding hydrogens is 292 g/mol. The molecule has 0 aliphatic carbocycles. The lowest BCUT2D eigenvalue weighted by Gasteiger charge is -2.02. The molecule has 0 atom stereocenters. The maximum atomic E-state index is 10.4. The quantitative estimate of drug-likeness (QED) is 0.647. The van der Waals surface area contributed by atoms with Crippen molar-refractivity contribution in [2.45, 2.75) is 20.8 Å². The lowest BCUT2D eigenvalue weighted by molar-refractivity contribution is -0.138. The van der Waals surface area contributed by atoms with Crippen LogP contribution in [0.15, 0.2) is 61.7 Å². The molecule has 0 unspecified atom stereocenters. The van der Waals surface area contributed by atoms with Crippen LogP contribution in [0.3, 0.4) is 0 Å². The first kappa shape index (κ1) is 22.7. The molecule has 0 fully saturated rings. The number of hydrogen-bond acceptors (Lipinski definition) is 3. The van der Waals surface area contributed by atoms with Crippen LogP contribution in [0, 0.1) is 5.92 Å². The van der Waals surface area contributed by atoms with Crippen molar-refractivity contribution >= 4 is 18.0 Å². The number of benzene rings is 1. The Balaban J connectivity index is 0. The lowest BCUT2D eigenvalue weighted by atomic mass is 10.2. The van der Waals surface area contributed by atoms with Gasteiger partial charge in [0.2, 0.25) is 0 Å². The third kappa shape index (κ3) is 17.3. The summed E-state index contributed by atoms with van der Waals surface area (Å²) in [4.78, 5) is 20.0. The van der Waals surface area contributed by atoms with Gasteiger partial charge < -0.3 is 9.84 Å². The second kappa shape index (κ2) is 14.3. The highest BCUT2D eigenvalue weighted by atomic mass is 16.5. The average molecular weight is 318 g/mol. The Morgan fingerprint density at radius 3 is 1.96 bits per heavy atom. The SMILES string of the molecule is C=C(C)C(=O)O.C=CC(=O)OCC(C)C.C=Cc1ccccc1. The zero-order chi connectivity index (χ0) is 18.3. The van der Waals surface area contributed by atoms with E-state index in [1.165, 1.54) is 18.6 Å². The predicted molar refractivity (Wildman–Crippen MR) is 95.0 cm³/mol. The van der Waals surface area contributed by atoms with Gasteiger partial charge in [-0.3, -0.25) is 0 Å². The van der Waals surface area contributed by atoms with E-state index in [0.717, 1.165) is 0 Å². The molecule has 1 N–H and O–H groups in total. The summed E-state index contributed by atoms with van der Waals surface area (Å²) in [5.74, 6) is -0.882. The molecule has 0 amide bonds. The molecule has 0 spiro atoms. The Kier molecular flexibility index (Phi) is 14.1. The Morgan fingerprint density at radius 1 is 1.22 bits per heavy atom. The highest BCUT2D eigenvalue weighted by Crippen LogP contribution is 1.97. The van der Waals surface area contributed by atoms with Gasteiger partial charge in [0, 0.05) is 11.6 Å². The fourth-order valence-electron chi connectivity index (χ4n) is 0.897. The number of carbonyl (C=O) groups is 2. The largest absolute Gasteiger partial charge is 0.478 e.